The fourth-order valence-corrected chi connectivity index (χ4v) is 22.4. The molecule has 0 radical (unpaired) electrons. The van der Waals surface area contributed by atoms with Crippen molar-refractivity contribution in [3.05, 3.63) is 309 Å². The Balaban J connectivity index is 0.000000121. The van der Waals surface area contributed by atoms with Crippen LogP contribution in [0.25, 0.3) is 49.3 Å². The minimum atomic E-state index is -2.69. The van der Waals surface area contributed by atoms with Crippen molar-refractivity contribution < 1.29 is 9.47 Å². The van der Waals surface area contributed by atoms with Gasteiger partial charge >= 0.3 is 0 Å². The Labute approximate surface area is 455 Å². The van der Waals surface area contributed by atoms with Gasteiger partial charge < -0.3 is 19.0 Å². The third-order valence-electron chi connectivity index (χ3n) is 15.8. The molecule has 16 rings (SSSR count). The first-order valence-corrected chi connectivity index (χ1v) is 30.7. The summed E-state index contributed by atoms with van der Waals surface area (Å²) in [5, 5.41) is 15.8. The lowest BCUT2D eigenvalue weighted by Gasteiger charge is -2.39. The number of nitrogens with zero attached hydrogens (tertiary/aromatic N) is 1. The van der Waals surface area contributed by atoms with Crippen molar-refractivity contribution >= 4 is 101 Å². The number of hydrogen-bond donors (Lipinski definition) is 1. The van der Waals surface area contributed by atoms with E-state index < -0.39 is 16.1 Å². The van der Waals surface area contributed by atoms with Crippen molar-refractivity contribution in [2.75, 3.05) is 0 Å². The molecule has 0 fully saturated rings. The highest BCUT2D eigenvalue weighted by atomic mass is 28.3. The number of hydrogen-bond acceptors (Lipinski definition) is 2. The summed E-state index contributed by atoms with van der Waals surface area (Å²) in [7, 11) is -5.09. The molecule has 4 heterocycles. The number of benzene rings is 12. The maximum atomic E-state index is 6.65. The van der Waals surface area contributed by atoms with Crippen LogP contribution in [0.1, 0.15) is 0 Å². The van der Waals surface area contributed by atoms with E-state index in [9.17, 15) is 0 Å². The lowest BCUT2D eigenvalue weighted by atomic mass is 10.2. The van der Waals surface area contributed by atoms with Crippen molar-refractivity contribution in [1.29, 1.82) is 0 Å². The zero-order valence-corrected chi connectivity index (χ0v) is 44.7. The van der Waals surface area contributed by atoms with Gasteiger partial charge in [-0.2, -0.15) is 0 Å². The van der Waals surface area contributed by atoms with Crippen LogP contribution in [-0.4, -0.2) is 25.7 Å². The summed E-state index contributed by atoms with van der Waals surface area (Å²) in [5.74, 6) is 3.85. The Hall–Kier alpha value is -9.73. The molecule has 0 amide bonds. The first-order chi connectivity index (χ1) is 38.7. The van der Waals surface area contributed by atoms with E-state index in [1.54, 1.807) is 0 Å². The van der Waals surface area contributed by atoms with E-state index in [1.165, 1.54) is 85.1 Å². The zero-order valence-electron chi connectivity index (χ0n) is 42.7. The number of para-hydroxylation sites is 7. The molecular weight excluding hydrogens is 981 g/mol. The van der Waals surface area contributed by atoms with E-state index in [-0.39, 0.29) is 0 Å². The number of rotatable bonds is 5. The molecule has 0 saturated carbocycles. The number of nitrogens with one attached hydrogen (secondary N) is 1. The van der Waals surface area contributed by atoms with E-state index in [4.69, 9.17) is 9.47 Å². The summed E-state index contributed by atoms with van der Waals surface area (Å²) in [6, 6.07) is 111. The highest BCUT2D eigenvalue weighted by molar-refractivity contribution is 7.21. The number of ether oxygens (including phenoxy) is 2. The van der Waals surface area contributed by atoms with Gasteiger partial charge in [0.25, 0.3) is 0 Å². The molecule has 4 nitrogen and oxygen atoms in total. The highest BCUT2D eigenvalue weighted by Crippen LogP contribution is 2.35. The van der Waals surface area contributed by atoms with Crippen LogP contribution >= 0.6 is 0 Å². The molecule has 0 unspecified atom stereocenters. The van der Waals surface area contributed by atoms with Gasteiger partial charge in [0.15, 0.2) is 16.1 Å². The summed E-state index contributed by atoms with van der Waals surface area (Å²) in [6.07, 6.45) is 0. The van der Waals surface area contributed by atoms with E-state index in [0.717, 1.165) is 28.7 Å². The molecule has 14 aromatic rings. The van der Waals surface area contributed by atoms with Gasteiger partial charge in [0.1, 0.15) is 23.0 Å². The number of aromatic amines is 1. The topological polar surface area (TPSA) is 39.2 Å². The van der Waals surface area contributed by atoms with Crippen molar-refractivity contribution in [3.63, 3.8) is 0 Å². The lowest BCUT2D eigenvalue weighted by Crippen LogP contribution is -2.76. The molecule has 6 heteroatoms. The van der Waals surface area contributed by atoms with Gasteiger partial charge in [-0.05, 0) is 102 Å². The van der Waals surface area contributed by atoms with Gasteiger partial charge in [-0.1, -0.05) is 249 Å². The summed E-state index contributed by atoms with van der Waals surface area (Å²) in [4.78, 5) is 3.38. The van der Waals surface area contributed by atoms with E-state index in [0.29, 0.717) is 0 Å². The second kappa shape index (κ2) is 19.8. The van der Waals surface area contributed by atoms with Gasteiger partial charge in [-0.3, -0.25) is 0 Å². The van der Waals surface area contributed by atoms with E-state index in [2.05, 4.69) is 319 Å². The molecule has 0 aliphatic carbocycles. The molecule has 370 valence electrons. The highest BCUT2D eigenvalue weighted by Gasteiger charge is 2.49. The predicted molar refractivity (Wildman–Crippen MR) is 330 cm³/mol. The van der Waals surface area contributed by atoms with Crippen molar-refractivity contribution in [2.45, 2.75) is 0 Å². The standard InChI is InChI=1S/C36H25NOSi.C24H18OSi.C12H9N/c1-3-13-27(14-4-1)39(28-15-5-2-6-16-28)35-22-12-11-21-33(35)38-34-24-23-26(25-36(34)39)37-31-19-9-7-17-29(31)30-18-8-10-20-32(30)37;1-3-11-19(12-4-1)26(20-13-5-2-6-14-20)23-17-9-7-15-21(23)25-22-16-8-10-18-24(22)26;1-3-7-11-9(5-1)10-6-2-4-8-12(10)13-11/h1-25H;1-18H;1-8,13H. The van der Waals surface area contributed by atoms with Crippen LogP contribution in [-0.2, 0) is 0 Å². The van der Waals surface area contributed by atoms with Gasteiger partial charge in [0.05, 0.1) is 11.0 Å². The predicted octanol–water partition coefficient (Wildman–Crippen LogP) is 12.8. The molecule has 0 atom stereocenters. The van der Waals surface area contributed by atoms with Crippen LogP contribution in [0.3, 0.4) is 0 Å². The molecule has 1 N–H and O–H groups in total. The third kappa shape index (κ3) is 7.64. The quantitative estimate of drug-likeness (QED) is 0.175. The average Bonchev–Trinajstić information content (AvgIpc) is 4.16. The van der Waals surface area contributed by atoms with Crippen LogP contribution in [0.4, 0.5) is 0 Å². The fraction of sp³-hybridized carbons (Fsp3) is 0. The second-order valence-electron chi connectivity index (χ2n) is 19.9. The normalized spacial score (nSPS) is 13.3. The summed E-state index contributed by atoms with van der Waals surface area (Å²) < 4.78 is 15.4. The Morgan fingerprint density at radius 2 is 0.564 bits per heavy atom. The first kappa shape index (κ1) is 46.8. The van der Waals surface area contributed by atoms with Crippen LogP contribution < -0.4 is 51.0 Å². The van der Waals surface area contributed by atoms with E-state index in [1.807, 2.05) is 0 Å². The average molecular weight is 1030 g/mol. The van der Waals surface area contributed by atoms with E-state index >= 15 is 0 Å². The molecule has 78 heavy (non-hydrogen) atoms. The van der Waals surface area contributed by atoms with Gasteiger partial charge in [0, 0.05) is 38.3 Å². The molecule has 2 aliphatic rings. The molecule has 2 aliphatic heterocycles. The molecule has 0 saturated heterocycles. The monoisotopic (exact) mass is 1030 g/mol. The molecule has 0 spiro atoms. The number of H-pyrrole nitrogens is 1. The minimum absolute atomic E-state index is 0.942. The first-order valence-electron chi connectivity index (χ1n) is 26.7. The number of fused-ring (bicyclic) bond motifs is 10. The summed E-state index contributed by atoms with van der Waals surface area (Å²) in [6.45, 7) is 0. The second-order valence-corrected chi connectivity index (χ2v) is 27.4. The van der Waals surface area contributed by atoms with Crippen molar-refractivity contribution in [2.24, 2.45) is 0 Å². The SMILES string of the molecule is c1ccc([Si]2(c3ccccc3)c3ccccc3Oc3ccc(-n4c5ccccc5c5ccccc54)cc32)cc1.c1ccc([Si]2(c3ccccc3)c3ccccc3Oc3ccccc32)cc1.c1ccc2c(c1)[nH]c1ccccc12. The van der Waals surface area contributed by atoms with Crippen LogP contribution in [0.5, 0.6) is 23.0 Å². The molecule has 12 aromatic carbocycles. The smallest absolute Gasteiger partial charge is 0.188 e. The maximum absolute atomic E-state index is 6.65. The van der Waals surface area contributed by atoms with Gasteiger partial charge in [0.2, 0.25) is 0 Å². The Kier molecular flexibility index (Phi) is 11.9. The van der Waals surface area contributed by atoms with Crippen LogP contribution in [0.2, 0.25) is 0 Å². The lowest BCUT2D eigenvalue weighted by molar-refractivity contribution is 0.487. The summed E-state index contributed by atoms with van der Waals surface area (Å²) >= 11 is 0. The fourth-order valence-electron chi connectivity index (χ4n) is 12.5. The van der Waals surface area contributed by atoms with Crippen LogP contribution in [0.15, 0.2) is 309 Å². The van der Waals surface area contributed by atoms with Crippen molar-refractivity contribution in [3.8, 4) is 28.7 Å². The number of aromatic nitrogens is 2. The Morgan fingerprint density at radius 3 is 0.974 bits per heavy atom. The molecule has 0 bridgehead atoms. The third-order valence-corrected chi connectivity index (χ3v) is 25.4. The van der Waals surface area contributed by atoms with Crippen LogP contribution in [0, 0.1) is 0 Å². The van der Waals surface area contributed by atoms with Gasteiger partial charge in [-0.15, -0.1) is 0 Å². The Morgan fingerprint density at radius 1 is 0.256 bits per heavy atom. The minimum Gasteiger partial charge on any atom is -0.458 e. The maximum Gasteiger partial charge on any atom is 0.188 e. The van der Waals surface area contributed by atoms with Crippen molar-refractivity contribution in [1.82, 2.24) is 9.55 Å². The Bertz CT molecular complexity index is 4230. The largest absolute Gasteiger partial charge is 0.458 e. The molecule has 2 aromatic heterocycles. The zero-order chi connectivity index (χ0) is 51.9. The van der Waals surface area contributed by atoms with Gasteiger partial charge in [-0.25, -0.2) is 0 Å². The summed E-state index contributed by atoms with van der Waals surface area (Å²) in [5.41, 5.74) is 6.00. The molecular formula is C72H52N2O2Si2.